The van der Waals surface area contributed by atoms with Crippen LogP contribution in [0.15, 0.2) is 18.2 Å². The molecule has 20 heavy (non-hydrogen) atoms. The summed E-state index contributed by atoms with van der Waals surface area (Å²) in [5, 5.41) is 2.88. The number of ether oxygens (including phenoxy) is 1. The minimum absolute atomic E-state index is 0.0371. The molecule has 0 aromatic heterocycles. The molecule has 0 aliphatic heterocycles. The Kier molecular flexibility index (Phi) is 6.48. The smallest absolute Gasteiger partial charge is 0.234 e. The van der Waals surface area contributed by atoms with Gasteiger partial charge in [0.25, 0.3) is 0 Å². The van der Waals surface area contributed by atoms with Crippen molar-refractivity contribution in [2.75, 3.05) is 20.7 Å². The number of hydrogen-bond acceptors (Lipinski definition) is 4. The van der Waals surface area contributed by atoms with Crippen LogP contribution in [-0.2, 0) is 17.9 Å². The third-order valence-corrected chi connectivity index (χ3v) is 2.88. The summed E-state index contributed by atoms with van der Waals surface area (Å²) in [6.45, 7) is 5.42. The molecule has 0 unspecified atom stereocenters. The van der Waals surface area contributed by atoms with Gasteiger partial charge in [-0.15, -0.1) is 0 Å². The molecule has 0 saturated carbocycles. The highest BCUT2D eigenvalue weighted by atomic mass is 16.5. The molecule has 0 radical (unpaired) electrons. The van der Waals surface area contributed by atoms with Crippen molar-refractivity contribution in [3.8, 4) is 5.75 Å². The molecule has 0 atom stereocenters. The number of carbonyl (C=O) groups excluding carboxylic acids is 1. The van der Waals surface area contributed by atoms with Gasteiger partial charge in [-0.2, -0.15) is 0 Å². The Morgan fingerprint density at radius 3 is 2.70 bits per heavy atom. The van der Waals surface area contributed by atoms with E-state index in [4.69, 9.17) is 10.5 Å². The topological polar surface area (TPSA) is 67.6 Å². The van der Waals surface area contributed by atoms with Crippen LogP contribution in [-0.4, -0.2) is 37.6 Å². The molecule has 0 aliphatic carbocycles. The van der Waals surface area contributed by atoms with Crippen LogP contribution in [0.5, 0.6) is 5.75 Å². The van der Waals surface area contributed by atoms with Crippen LogP contribution in [0.1, 0.15) is 25.0 Å². The number of rotatable bonds is 7. The molecule has 112 valence electrons. The van der Waals surface area contributed by atoms with Crippen molar-refractivity contribution in [3.63, 3.8) is 0 Å². The van der Waals surface area contributed by atoms with Crippen molar-refractivity contribution < 1.29 is 9.53 Å². The second-order valence-electron chi connectivity index (χ2n) is 5.24. The Labute approximate surface area is 121 Å². The monoisotopic (exact) mass is 279 g/mol. The van der Waals surface area contributed by atoms with Gasteiger partial charge in [-0.05, 0) is 38.6 Å². The minimum atomic E-state index is 0.0371. The molecule has 1 aromatic rings. The maximum atomic E-state index is 11.7. The molecule has 0 heterocycles. The lowest BCUT2D eigenvalue weighted by molar-refractivity contribution is -0.122. The van der Waals surface area contributed by atoms with Crippen LogP contribution in [0.25, 0.3) is 0 Å². The van der Waals surface area contributed by atoms with E-state index in [0.29, 0.717) is 19.6 Å². The summed E-state index contributed by atoms with van der Waals surface area (Å²) in [4.78, 5) is 13.7. The van der Waals surface area contributed by atoms with Gasteiger partial charge in [-0.1, -0.05) is 6.07 Å². The number of benzene rings is 1. The van der Waals surface area contributed by atoms with Crippen LogP contribution in [0.2, 0.25) is 0 Å². The van der Waals surface area contributed by atoms with Crippen LogP contribution in [0.3, 0.4) is 0 Å². The van der Waals surface area contributed by atoms with E-state index in [0.717, 1.165) is 16.9 Å². The summed E-state index contributed by atoms with van der Waals surface area (Å²) >= 11 is 0. The molecule has 0 aliphatic rings. The Bertz CT molecular complexity index is 447. The molecule has 1 rings (SSSR count). The summed E-state index contributed by atoms with van der Waals surface area (Å²) in [5.74, 6) is 0.839. The first kappa shape index (κ1) is 16.5. The standard InChI is InChI=1S/C15H25N3O2/c1-11(2)17-15(19)10-18(3)9-12-5-6-14(20-4)13(7-12)8-16/h5-7,11H,8-10,16H2,1-4H3,(H,17,19). The summed E-state index contributed by atoms with van der Waals surface area (Å²) in [6, 6.07) is 6.10. The number of nitrogens with two attached hydrogens (primary N) is 1. The van der Waals surface area contributed by atoms with Gasteiger partial charge < -0.3 is 15.8 Å². The van der Waals surface area contributed by atoms with Gasteiger partial charge in [0.2, 0.25) is 5.91 Å². The van der Waals surface area contributed by atoms with Gasteiger partial charge in [0.15, 0.2) is 0 Å². The maximum Gasteiger partial charge on any atom is 0.234 e. The highest BCUT2D eigenvalue weighted by Gasteiger charge is 2.09. The van der Waals surface area contributed by atoms with Gasteiger partial charge >= 0.3 is 0 Å². The van der Waals surface area contributed by atoms with E-state index in [1.807, 2.05) is 44.0 Å². The highest BCUT2D eigenvalue weighted by Crippen LogP contribution is 2.19. The van der Waals surface area contributed by atoms with Crippen LogP contribution in [0, 0.1) is 0 Å². The number of amides is 1. The predicted octanol–water partition coefficient (Wildman–Crippen LogP) is 1.11. The van der Waals surface area contributed by atoms with Crippen LogP contribution >= 0.6 is 0 Å². The first-order valence-electron chi connectivity index (χ1n) is 6.80. The fourth-order valence-electron chi connectivity index (χ4n) is 2.07. The number of methoxy groups -OCH3 is 1. The number of carbonyl (C=O) groups is 1. The van der Waals surface area contributed by atoms with E-state index in [2.05, 4.69) is 5.32 Å². The van der Waals surface area contributed by atoms with E-state index < -0.39 is 0 Å². The predicted molar refractivity (Wildman–Crippen MR) is 80.5 cm³/mol. The molecule has 0 spiro atoms. The summed E-state index contributed by atoms with van der Waals surface area (Å²) in [5.41, 5.74) is 7.80. The normalized spacial score (nSPS) is 10.9. The number of nitrogens with zero attached hydrogens (tertiary/aromatic N) is 1. The van der Waals surface area contributed by atoms with Crippen molar-refractivity contribution in [1.29, 1.82) is 0 Å². The van der Waals surface area contributed by atoms with Crippen LogP contribution < -0.4 is 15.8 Å². The minimum Gasteiger partial charge on any atom is -0.496 e. The van der Waals surface area contributed by atoms with E-state index in [-0.39, 0.29) is 11.9 Å². The van der Waals surface area contributed by atoms with E-state index >= 15 is 0 Å². The van der Waals surface area contributed by atoms with Crippen molar-refractivity contribution in [2.45, 2.75) is 33.0 Å². The quantitative estimate of drug-likeness (QED) is 0.784. The molecular formula is C15H25N3O2. The van der Waals surface area contributed by atoms with Gasteiger partial charge in [0, 0.05) is 24.7 Å². The van der Waals surface area contributed by atoms with E-state index in [1.54, 1.807) is 7.11 Å². The number of likely N-dealkylation sites (N-methyl/N-ethyl adjacent to an activating group) is 1. The van der Waals surface area contributed by atoms with Gasteiger partial charge in [-0.3, -0.25) is 9.69 Å². The lowest BCUT2D eigenvalue weighted by atomic mass is 10.1. The highest BCUT2D eigenvalue weighted by molar-refractivity contribution is 5.78. The van der Waals surface area contributed by atoms with Crippen molar-refractivity contribution in [2.24, 2.45) is 5.73 Å². The first-order valence-corrected chi connectivity index (χ1v) is 6.80. The molecule has 0 saturated heterocycles. The molecule has 1 amide bonds. The fourth-order valence-corrected chi connectivity index (χ4v) is 2.07. The van der Waals surface area contributed by atoms with Gasteiger partial charge in [0.05, 0.1) is 13.7 Å². The van der Waals surface area contributed by atoms with Gasteiger partial charge in [-0.25, -0.2) is 0 Å². The van der Waals surface area contributed by atoms with Crippen molar-refractivity contribution in [1.82, 2.24) is 10.2 Å². The molecule has 3 N–H and O–H groups in total. The maximum absolute atomic E-state index is 11.7. The summed E-state index contributed by atoms with van der Waals surface area (Å²) < 4.78 is 5.25. The first-order chi connectivity index (χ1) is 9.46. The lowest BCUT2D eigenvalue weighted by Gasteiger charge is -2.18. The molecule has 1 aromatic carbocycles. The van der Waals surface area contributed by atoms with E-state index in [9.17, 15) is 4.79 Å². The average Bonchev–Trinajstić information content (AvgIpc) is 2.37. The zero-order chi connectivity index (χ0) is 15.1. The summed E-state index contributed by atoms with van der Waals surface area (Å²) in [7, 11) is 3.56. The molecular weight excluding hydrogens is 254 g/mol. The molecule has 5 heteroatoms. The largest absolute Gasteiger partial charge is 0.496 e. The van der Waals surface area contributed by atoms with Crippen molar-refractivity contribution >= 4 is 5.91 Å². The Morgan fingerprint density at radius 2 is 2.15 bits per heavy atom. The molecule has 0 fully saturated rings. The summed E-state index contributed by atoms with van der Waals surface area (Å²) in [6.07, 6.45) is 0. The fraction of sp³-hybridized carbons (Fsp3) is 0.533. The van der Waals surface area contributed by atoms with Gasteiger partial charge in [0.1, 0.15) is 5.75 Å². The third-order valence-electron chi connectivity index (χ3n) is 2.88. The zero-order valence-electron chi connectivity index (χ0n) is 12.8. The number of hydrogen-bond donors (Lipinski definition) is 2. The second-order valence-corrected chi connectivity index (χ2v) is 5.24. The van der Waals surface area contributed by atoms with Crippen molar-refractivity contribution in [3.05, 3.63) is 29.3 Å². The number of nitrogens with one attached hydrogen (secondary N) is 1. The lowest BCUT2D eigenvalue weighted by Crippen LogP contribution is -2.38. The SMILES string of the molecule is COc1ccc(CN(C)CC(=O)NC(C)C)cc1CN. The molecule has 5 nitrogen and oxygen atoms in total. The second kappa shape index (κ2) is 7.87. The third kappa shape index (κ3) is 5.19. The van der Waals surface area contributed by atoms with E-state index in [1.165, 1.54) is 0 Å². The Balaban J connectivity index is 2.61. The zero-order valence-corrected chi connectivity index (χ0v) is 12.8. The Morgan fingerprint density at radius 1 is 1.45 bits per heavy atom. The Hall–Kier alpha value is -1.59. The van der Waals surface area contributed by atoms with Crippen LogP contribution in [0.4, 0.5) is 0 Å². The molecule has 0 bridgehead atoms. The average molecular weight is 279 g/mol.